The van der Waals surface area contributed by atoms with Crippen LogP contribution in [0.3, 0.4) is 0 Å². The van der Waals surface area contributed by atoms with Gasteiger partial charge in [0.25, 0.3) is 5.89 Å². The second kappa shape index (κ2) is 6.32. The van der Waals surface area contributed by atoms with E-state index in [0.29, 0.717) is 17.5 Å². The van der Waals surface area contributed by atoms with E-state index in [2.05, 4.69) is 42.2 Å². The molecule has 0 atom stereocenters. The fourth-order valence-corrected chi connectivity index (χ4v) is 2.81. The van der Waals surface area contributed by atoms with Crippen LogP contribution < -0.4 is 0 Å². The Morgan fingerprint density at radius 2 is 1.82 bits per heavy atom. The van der Waals surface area contributed by atoms with Gasteiger partial charge in [-0.05, 0) is 61.4 Å². The van der Waals surface area contributed by atoms with E-state index in [1.54, 1.807) is 23.9 Å². The molecular formula is C17H15FN2OS. The zero-order chi connectivity index (χ0) is 15.5. The summed E-state index contributed by atoms with van der Waals surface area (Å²) in [6.45, 7) is 4.19. The Hall–Kier alpha value is -2.14. The molecule has 2 aromatic carbocycles. The van der Waals surface area contributed by atoms with Crippen molar-refractivity contribution in [1.82, 2.24) is 10.1 Å². The average Bonchev–Trinajstić information content (AvgIpc) is 2.98. The van der Waals surface area contributed by atoms with E-state index >= 15 is 0 Å². The normalized spacial score (nSPS) is 10.9. The molecule has 5 heteroatoms. The second-order valence-corrected chi connectivity index (χ2v) is 6.11. The molecular weight excluding hydrogens is 299 g/mol. The molecule has 0 unspecified atom stereocenters. The van der Waals surface area contributed by atoms with Gasteiger partial charge in [-0.3, -0.25) is 0 Å². The summed E-state index contributed by atoms with van der Waals surface area (Å²) in [4.78, 5) is 5.52. The Kier molecular flexibility index (Phi) is 4.24. The summed E-state index contributed by atoms with van der Waals surface area (Å²) in [5.74, 6) is 1.39. The van der Waals surface area contributed by atoms with E-state index in [0.717, 1.165) is 5.56 Å². The second-order valence-electron chi connectivity index (χ2n) is 5.06. The van der Waals surface area contributed by atoms with Crippen molar-refractivity contribution < 1.29 is 8.91 Å². The topological polar surface area (TPSA) is 38.9 Å². The maximum Gasteiger partial charge on any atom is 0.257 e. The summed E-state index contributed by atoms with van der Waals surface area (Å²) in [7, 11) is 0. The molecule has 0 aliphatic heterocycles. The first-order valence-electron chi connectivity index (χ1n) is 6.90. The van der Waals surface area contributed by atoms with Crippen LogP contribution in [0.25, 0.3) is 11.5 Å². The fraction of sp³-hybridized carbons (Fsp3) is 0.176. The molecule has 0 aliphatic rings. The van der Waals surface area contributed by atoms with Crippen molar-refractivity contribution in [2.75, 3.05) is 0 Å². The summed E-state index contributed by atoms with van der Waals surface area (Å²) in [6, 6.07) is 12.4. The molecule has 0 saturated carbocycles. The monoisotopic (exact) mass is 314 g/mol. The predicted molar refractivity (Wildman–Crippen MR) is 85.2 cm³/mol. The average molecular weight is 314 g/mol. The Balaban J connectivity index is 1.69. The Morgan fingerprint density at radius 3 is 2.55 bits per heavy atom. The molecule has 0 spiro atoms. The van der Waals surface area contributed by atoms with Crippen molar-refractivity contribution >= 4 is 11.8 Å². The van der Waals surface area contributed by atoms with Crippen LogP contribution in [0.1, 0.15) is 17.0 Å². The van der Waals surface area contributed by atoms with E-state index < -0.39 is 0 Å². The van der Waals surface area contributed by atoms with Crippen LogP contribution in [0, 0.1) is 19.7 Å². The van der Waals surface area contributed by atoms with Gasteiger partial charge in [0.2, 0.25) is 0 Å². The Labute approximate surface area is 132 Å². The van der Waals surface area contributed by atoms with Crippen LogP contribution in [0.15, 0.2) is 51.9 Å². The number of rotatable bonds is 4. The number of aryl methyl sites for hydroxylation is 2. The van der Waals surface area contributed by atoms with Crippen LogP contribution in [0.5, 0.6) is 0 Å². The van der Waals surface area contributed by atoms with Crippen molar-refractivity contribution in [2.24, 2.45) is 0 Å². The molecule has 3 aromatic rings. The van der Waals surface area contributed by atoms with E-state index in [9.17, 15) is 4.39 Å². The number of benzene rings is 2. The third-order valence-electron chi connectivity index (χ3n) is 3.41. The molecule has 1 aromatic heterocycles. The third-order valence-corrected chi connectivity index (χ3v) is 4.40. The maximum absolute atomic E-state index is 12.9. The largest absolute Gasteiger partial charge is 0.334 e. The lowest BCUT2D eigenvalue weighted by molar-refractivity contribution is 0.425. The van der Waals surface area contributed by atoms with Gasteiger partial charge >= 0.3 is 0 Å². The number of hydrogen-bond donors (Lipinski definition) is 0. The minimum Gasteiger partial charge on any atom is -0.334 e. The first-order valence-corrected chi connectivity index (χ1v) is 7.89. The smallest absolute Gasteiger partial charge is 0.257 e. The van der Waals surface area contributed by atoms with Gasteiger partial charge in [-0.25, -0.2) is 4.39 Å². The summed E-state index contributed by atoms with van der Waals surface area (Å²) in [5.41, 5.74) is 3.27. The SMILES string of the molecule is Cc1ccc(SCc2noc(-c3ccc(F)cc3)n2)cc1C. The van der Waals surface area contributed by atoms with E-state index in [1.807, 2.05) is 0 Å². The van der Waals surface area contributed by atoms with Gasteiger partial charge in [0.05, 0.1) is 5.75 Å². The highest BCUT2D eigenvalue weighted by molar-refractivity contribution is 7.98. The quantitative estimate of drug-likeness (QED) is 0.649. The molecule has 3 rings (SSSR count). The summed E-state index contributed by atoms with van der Waals surface area (Å²) in [6.07, 6.45) is 0. The molecule has 1 heterocycles. The van der Waals surface area contributed by atoms with Gasteiger partial charge in [-0.1, -0.05) is 11.2 Å². The first-order chi connectivity index (χ1) is 10.6. The Bertz CT molecular complexity index is 784. The highest BCUT2D eigenvalue weighted by Gasteiger charge is 2.09. The number of thioether (sulfide) groups is 1. The first kappa shape index (κ1) is 14.8. The summed E-state index contributed by atoms with van der Waals surface area (Å²) in [5, 5.41) is 3.97. The lowest BCUT2D eigenvalue weighted by Crippen LogP contribution is -1.86. The highest BCUT2D eigenvalue weighted by atomic mass is 32.2. The van der Waals surface area contributed by atoms with Crippen molar-refractivity contribution in [2.45, 2.75) is 24.5 Å². The van der Waals surface area contributed by atoms with Crippen LogP contribution >= 0.6 is 11.8 Å². The third kappa shape index (κ3) is 3.36. The van der Waals surface area contributed by atoms with Crippen molar-refractivity contribution in [3.63, 3.8) is 0 Å². The van der Waals surface area contributed by atoms with Gasteiger partial charge in [0.15, 0.2) is 5.82 Å². The highest BCUT2D eigenvalue weighted by Crippen LogP contribution is 2.25. The molecule has 0 bridgehead atoms. The van der Waals surface area contributed by atoms with Crippen LogP contribution in [-0.4, -0.2) is 10.1 Å². The molecule has 0 aliphatic carbocycles. The zero-order valence-corrected chi connectivity index (χ0v) is 13.2. The minimum atomic E-state index is -0.284. The van der Waals surface area contributed by atoms with E-state index in [4.69, 9.17) is 4.52 Å². The molecule has 0 fully saturated rings. The summed E-state index contributed by atoms with van der Waals surface area (Å²) >= 11 is 1.66. The standard InChI is InChI=1S/C17H15FN2OS/c1-11-3-8-15(9-12(11)2)22-10-16-19-17(21-20-16)13-4-6-14(18)7-5-13/h3-9H,10H2,1-2H3. The van der Waals surface area contributed by atoms with Gasteiger partial charge in [-0.15, -0.1) is 11.8 Å². The van der Waals surface area contributed by atoms with Crippen molar-refractivity contribution in [3.05, 3.63) is 65.2 Å². The van der Waals surface area contributed by atoms with E-state index in [-0.39, 0.29) is 5.82 Å². The van der Waals surface area contributed by atoms with Crippen LogP contribution in [-0.2, 0) is 5.75 Å². The lowest BCUT2D eigenvalue weighted by Gasteiger charge is -2.03. The molecule has 22 heavy (non-hydrogen) atoms. The number of aromatic nitrogens is 2. The lowest BCUT2D eigenvalue weighted by atomic mass is 10.1. The number of nitrogens with zero attached hydrogens (tertiary/aromatic N) is 2. The molecule has 3 nitrogen and oxygen atoms in total. The number of hydrogen-bond acceptors (Lipinski definition) is 4. The van der Waals surface area contributed by atoms with Gasteiger partial charge in [0, 0.05) is 10.5 Å². The fourth-order valence-electron chi connectivity index (χ4n) is 1.97. The molecule has 0 saturated heterocycles. The van der Waals surface area contributed by atoms with Gasteiger partial charge < -0.3 is 4.52 Å². The van der Waals surface area contributed by atoms with Gasteiger partial charge in [-0.2, -0.15) is 4.98 Å². The zero-order valence-electron chi connectivity index (χ0n) is 12.3. The molecule has 0 radical (unpaired) electrons. The van der Waals surface area contributed by atoms with E-state index in [1.165, 1.54) is 28.2 Å². The van der Waals surface area contributed by atoms with Gasteiger partial charge in [0.1, 0.15) is 5.82 Å². The number of halogens is 1. The van der Waals surface area contributed by atoms with Crippen LogP contribution in [0.2, 0.25) is 0 Å². The summed E-state index contributed by atoms with van der Waals surface area (Å²) < 4.78 is 18.1. The Morgan fingerprint density at radius 1 is 1.05 bits per heavy atom. The molecule has 112 valence electrons. The van der Waals surface area contributed by atoms with Crippen molar-refractivity contribution in [3.8, 4) is 11.5 Å². The molecule has 0 amide bonds. The predicted octanol–water partition coefficient (Wildman–Crippen LogP) is 4.78. The van der Waals surface area contributed by atoms with Crippen LogP contribution in [0.4, 0.5) is 4.39 Å². The maximum atomic E-state index is 12.9. The van der Waals surface area contributed by atoms with Crippen molar-refractivity contribution in [1.29, 1.82) is 0 Å². The minimum absolute atomic E-state index is 0.284. The molecule has 0 N–H and O–H groups in total.